The average Bonchev–Trinajstić information content (AvgIpc) is 2.82. The molecule has 1 N–H and O–H groups in total. The zero-order valence-corrected chi connectivity index (χ0v) is 8.51. The first-order valence-corrected chi connectivity index (χ1v) is 5.01. The van der Waals surface area contributed by atoms with E-state index in [1.807, 2.05) is 6.92 Å². The molecule has 1 aliphatic rings. The van der Waals surface area contributed by atoms with Crippen LogP contribution in [0.15, 0.2) is 9.95 Å². The molecule has 0 radical (unpaired) electrons. The standard InChI is InChI=1S/C8H13N5O2/c1-2-15-10-6-4-3-5-7(6)13-8(14)9-11-12-13/h7H,2-5H2,1H3,(H,9,12,14). The van der Waals surface area contributed by atoms with Gasteiger partial charge in [0.25, 0.3) is 0 Å². The lowest BCUT2D eigenvalue weighted by atomic mass is 10.2. The molecule has 2 rings (SSSR count). The van der Waals surface area contributed by atoms with E-state index in [4.69, 9.17) is 4.84 Å². The Bertz CT molecular complexity index is 407. The number of hydrogen-bond acceptors (Lipinski definition) is 5. The smallest absolute Gasteiger partial charge is 0.361 e. The first kappa shape index (κ1) is 9.88. The highest BCUT2D eigenvalue weighted by Gasteiger charge is 2.27. The van der Waals surface area contributed by atoms with Gasteiger partial charge >= 0.3 is 5.69 Å². The normalized spacial score (nSPS) is 23.5. The third-order valence-electron chi connectivity index (χ3n) is 2.40. The molecular weight excluding hydrogens is 198 g/mol. The van der Waals surface area contributed by atoms with E-state index >= 15 is 0 Å². The van der Waals surface area contributed by atoms with Gasteiger partial charge in [0.15, 0.2) is 0 Å². The summed E-state index contributed by atoms with van der Waals surface area (Å²) in [4.78, 5) is 16.3. The Labute approximate surface area is 86.1 Å². The van der Waals surface area contributed by atoms with E-state index in [-0.39, 0.29) is 11.7 Å². The van der Waals surface area contributed by atoms with Gasteiger partial charge in [-0.3, -0.25) is 0 Å². The molecular formula is C8H13N5O2. The number of aromatic amines is 1. The molecule has 0 spiro atoms. The number of hydrogen-bond donors (Lipinski definition) is 1. The van der Waals surface area contributed by atoms with Gasteiger partial charge in [-0.15, -0.1) is 0 Å². The summed E-state index contributed by atoms with van der Waals surface area (Å²) in [5.41, 5.74) is 0.568. The molecule has 1 fully saturated rings. The Morgan fingerprint density at radius 2 is 2.60 bits per heavy atom. The predicted molar refractivity (Wildman–Crippen MR) is 52.6 cm³/mol. The molecule has 1 aromatic heterocycles. The highest BCUT2D eigenvalue weighted by atomic mass is 16.6. The molecule has 1 heterocycles. The molecule has 82 valence electrons. The van der Waals surface area contributed by atoms with Crippen molar-refractivity contribution in [2.75, 3.05) is 6.61 Å². The topological polar surface area (TPSA) is 85.2 Å². The van der Waals surface area contributed by atoms with Crippen LogP contribution in [0.25, 0.3) is 0 Å². The number of tetrazole rings is 1. The number of aromatic nitrogens is 4. The zero-order chi connectivity index (χ0) is 10.7. The average molecular weight is 211 g/mol. The molecule has 0 bridgehead atoms. The van der Waals surface area contributed by atoms with E-state index in [1.54, 1.807) is 0 Å². The van der Waals surface area contributed by atoms with E-state index in [2.05, 4.69) is 20.7 Å². The lowest BCUT2D eigenvalue weighted by Crippen LogP contribution is -2.26. The maximum atomic E-state index is 11.3. The van der Waals surface area contributed by atoms with Crippen molar-refractivity contribution in [3.8, 4) is 0 Å². The Hall–Kier alpha value is -1.66. The van der Waals surface area contributed by atoms with Crippen LogP contribution < -0.4 is 5.69 Å². The van der Waals surface area contributed by atoms with Gasteiger partial charge in [0.05, 0.1) is 5.71 Å². The highest BCUT2D eigenvalue weighted by molar-refractivity contribution is 5.89. The molecule has 0 amide bonds. The molecule has 7 nitrogen and oxygen atoms in total. The number of H-pyrrole nitrogens is 1. The number of nitrogens with zero attached hydrogens (tertiary/aromatic N) is 4. The van der Waals surface area contributed by atoms with E-state index < -0.39 is 0 Å². The van der Waals surface area contributed by atoms with Gasteiger partial charge in [-0.1, -0.05) is 5.16 Å². The minimum absolute atomic E-state index is 0.0946. The monoisotopic (exact) mass is 211 g/mol. The van der Waals surface area contributed by atoms with Gasteiger partial charge < -0.3 is 4.84 Å². The summed E-state index contributed by atoms with van der Waals surface area (Å²) in [6.07, 6.45) is 2.71. The lowest BCUT2D eigenvalue weighted by Gasteiger charge is -2.08. The van der Waals surface area contributed by atoms with Crippen molar-refractivity contribution in [2.45, 2.75) is 32.2 Å². The summed E-state index contributed by atoms with van der Waals surface area (Å²) in [7, 11) is 0. The Morgan fingerprint density at radius 3 is 3.27 bits per heavy atom. The number of oxime groups is 1. The predicted octanol–water partition coefficient (Wildman–Crippen LogP) is 0.0839. The van der Waals surface area contributed by atoms with Crippen LogP contribution in [-0.4, -0.2) is 32.5 Å². The van der Waals surface area contributed by atoms with Crippen LogP contribution in [0.4, 0.5) is 0 Å². The van der Waals surface area contributed by atoms with Crippen LogP contribution in [0.5, 0.6) is 0 Å². The van der Waals surface area contributed by atoms with Crippen LogP contribution in [-0.2, 0) is 4.84 Å². The fraction of sp³-hybridized carbons (Fsp3) is 0.750. The number of nitrogens with one attached hydrogen (secondary N) is 1. The minimum atomic E-state index is -0.300. The lowest BCUT2D eigenvalue weighted by molar-refractivity contribution is 0.156. The maximum absolute atomic E-state index is 11.3. The Kier molecular flexibility index (Phi) is 2.79. The van der Waals surface area contributed by atoms with Gasteiger partial charge in [0.2, 0.25) is 0 Å². The molecule has 1 saturated carbocycles. The minimum Gasteiger partial charge on any atom is -0.396 e. The van der Waals surface area contributed by atoms with Crippen molar-refractivity contribution in [1.29, 1.82) is 0 Å². The molecule has 1 aliphatic carbocycles. The van der Waals surface area contributed by atoms with Crippen molar-refractivity contribution in [1.82, 2.24) is 20.2 Å². The SMILES string of the molecule is CCON=C1CCCC1n1nn[nH]c1=O. The van der Waals surface area contributed by atoms with Crippen LogP contribution >= 0.6 is 0 Å². The summed E-state index contributed by atoms with van der Waals surface area (Å²) in [6.45, 7) is 2.40. The van der Waals surface area contributed by atoms with Crippen molar-refractivity contribution in [3.05, 3.63) is 10.5 Å². The van der Waals surface area contributed by atoms with Gasteiger partial charge in [-0.05, 0) is 36.6 Å². The van der Waals surface area contributed by atoms with Crippen molar-refractivity contribution < 1.29 is 4.84 Å². The summed E-state index contributed by atoms with van der Waals surface area (Å²) in [6, 6.07) is -0.0946. The van der Waals surface area contributed by atoms with Crippen molar-refractivity contribution in [3.63, 3.8) is 0 Å². The van der Waals surface area contributed by atoms with E-state index in [9.17, 15) is 4.79 Å². The molecule has 1 aromatic rings. The third kappa shape index (κ3) is 1.90. The largest absolute Gasteiger partial charge is 0.396 e. The van der Waals surface area contributed by atoms with E-state index in [0.717, 1.165) is 25.0 Å². The maximum Gasteiger partial charge on any atom is 0.361 e. The van der Waals surface area contributed by atoms with Crippen LogP contribution in [0.1, 0.15) is 32.2 Å². The quantitative estimate of drug-likeness (QED) is 0.717. The molecule has 0 aromatic carbocycles. The van der Waals surface area contributed by atoms with Crippen LogP contribution in [0, 0.1) is 0 Å². The van der Waals surface area contributed by atoms with Crippen molar-refractivity contribution in [2.24, 2.45) is 5.16 Å². The Balaban J connectivity index is 2.22. The summed E-state index contributed by atoms with van der Waals surface area (Å²) < 4.78 is 1.32. The molecule has 1 atom stereocenters. The fourth-order valence-electron chi connectivity index (χ4n) is 1.74. The first-order chi connectivity index (χ1) is 7.33. The third-order valence-corrected chi connectivity index (χ3v) is 2.40. The Morgan fingerprint density at radius 1 is 1.73 bits per heavy atom. The van der Waals surface area contributed by atoms with Gasteiger partial charge in [-0.25, -0.2) is 9.89 Å². The van der Waals surface area contributed by atoms with Crippen LogP contribution in [0.2, 0.25) is 0 Å². The summed E-state index contributed by atoms with van der Waals surface area (Å²) in [5.74, 6) is 0. The van der Waals surface area contributed by atoms with Gasteiger partial charge in [0.1, 0.15) is 12.6 Å². The second-order valence-electron chi connectivity index (χ2n) is 3.36. The molecule has 0 aliphatic heterocycles. The fourth-order valence-corrected chi connectivity index (χ4v) is 1.74. The molecule has 1 unspecified atom stereocenters. The molecule has 15 heavy (non-hydrogen) atoms. The second kappa shape index (κ2) is 4.24. The molecule has 7 heteroatoms. The summed E-state index contributed by atoms with van der Waals surface area (Å²) >= 11 is 0. The van der Waals surface area contributed by atoms with Gasteiger partial charge in [-0.2, -0.15) is 4.68 Å². The second-order valence-corrected chi connectivity index (χ2v) is 3.36. The zero-order valence-electron chi connectivity index (χ0n) is 8.51. The molecule has 0 saturated heterocycles. The number of rotatable bonds is 3. The van der Waals surface area contributed by atoms with Crippen molar-refractivity contribution >= 4 is 5.71 Å². The van der Waals surface area contributed by atoms with Gasteiger partial charge in [0, 0.05) is 0 Å². The first-order valence-electron chi connectivity index (χ1n) is 5.01. The van der Waals surface area contributed by atoms with E-state index in [1.165, 1.54) is 4.68 Å². The summed E-state index contributed by atoms with van der Waals surface area (Å²) in [5, 5.41) is 13.4. The van der Waals surface area contributed by atoms with Crippen LogP contribution in [0.3, 0.4) is 0 Å². The highest BCUT2D eigenvalue weighted by Crippen LogP contribution is 2.25. The van der Waals surface area contributed by atoms with E-state index in [0.29, 0.717) is 6.61 Å².